The Labute approximate surface area is 72.1 Å². The van der Waals surface area contributed by atoms with E-state index in [1.165, 1.54) is 12.2 Å². The average molecular weight is 171 g/mol. The summed E-state index contributed by atoms with van der Waals surface area (Å²) in [4.78, 5) is 2.30. The van der Waals surface area contributed by atoms with Gasteiger partial charge in [-0.25, -0.2) is 0 Å². The maximum atomic E-state index is 2.44. The van der Waals surface area contributed by atoms with Crippen LogP contribution >= 0.6 is 0 Å². The van der Waals surface area contributed by atoms with Gasteiger partial charge in [0.25, 0.3) is 0 Å². The molecule has 0 heterocycles. The Balaban J connectivity index is 3.79. The zero-order chi connectivity index (χ0) is 8.91. The molecular weight excluding hydrogens is 150 g/mol. The minimum atomic E-state index is -0.948. The fraction of sp³-hybridized carbons (Fsp3) is 0.778. The van der Waals surface area contributed by atoms with Gasteiger partial charge in [0, 0.05) is 0 Å². The normalized spacial score (nSPS) is 13.3. The molecule has 66 valence electrons. The van der Waals surface area contributed by atoms with Crippen molar-refractivity contribution in [3.63, 3.8) is 0 Å². The number of nitrogens with zero attached hydrogens (tertiary/aromatic N) is 1. The number of hydrogen-bond donors (Lipinski definition) is 0. The minimum Gasteiger partial charge on any atom is -0.312 e. The van der Waals surface area contributed by atoms with E-state index >= 15 is 0 Å². The van der Waals surface area contributed by atoms with Gasteiger partial charge in [0.2, 0.25) is 0 Å². The van der Waals surface area contributed by atoms with Crippen molar-refractivity contribution in [2.24, 2.45) is 0 Å². The van der Waals surface area contributed by atoms with E-state index in [4.69, 9.17) is 0 Å². The van der Waals surface area contributed by atoms with Gasteiger partial charge in [-0.2, -0.15) is 0 Å². The molecule has 0 amide bonds. The van der Waals surface area contributed by atoms with Gasteiger partial charge in [0.05, 0.1) is 8.07 Å². The fourth-order valence-electron chi connectivity index (χ4n) is 1.36. The van der Waals surface area contributed by atoms with Gasteiger partial charge in [-0.1, -0.05) is 25.2 Å². The molecule has 0 N–H and O–H groups in total. The van der Waals surface area contributed by atoms with E-state index in [9.17, 15) is 0 Å². The number of allylic oxidation sites excluding steroid dienone is 2. The van der Waals surface area contributed by atoms with Crippen molar-refractivity contribution in [1.82, 2.24) is 4.90 Å². The summed E-state index contributed by atoms with van der Waals surface area (Å²) in [6.45, 7) is 6.97. The van der Waals surface area contributed by atoms with Gasteiger partial charge in [-0.05, 0) is 33.2 Å². The zero-order valence-electron chi connectivity index (χ0n) is 8.52. The van der Waals surface area contributed by atoms with E-state index in [0.29, 0.717) is 0 Å². The van der Waals surface area contributed by atoms with Crippen molar-refractivity contribution in [3.8, 4) is 0 Å². The highest BCUT2D eigenvalue weighted by molar-refractivity contribution is 6.77. The van der Waals surface area contributed by atoms with E-state index in [2.05, 4.69) is 51.2 Å². The molecule has 0 aliphatic heterocycles. The predicted octanol–water partition coefficient (Wildman–Crippen LogP) is 2.37. The SMILES string of the molecule is CC=CC[Si](C)(C)CN(C)C. The summed E-state index contributed by atoms with van der Waals surface area (Å²) in [5.41, 5.74) is 0. The van der Waals surface area contributed by atoms with Crippen molar-refractivity contribution in [1.29, 1.82) is 0 Å². The lowest BCUT2D eigenvalue weighted by Crippen LogP contribution is -2.38. The predicted molar refractivity (Wildman–Crippen MR) is 55.7 cm³/mol. The lowest BCUT2D eigenvalue weighted by molar-refractivity contribution is 0.470. The Morgan fingerprint density at radius 1 is 1.27 bits per heavy atom. The molecule has 0 radical (unpaired) electrons. The van der Waals surface area contributed by atoms with Crippen molar-refractivity contribution in [2.45, 2.75) is 26.1 Å². The second kappa shape index (κ2) is 4.73. The monoisotopic (exact) mass is 171 g/mol. The van der Waals surface area contributed by atoms with Crippen molar-refractivity contribution in [2.75, 3.05) is 20.3 Å². The Bertz CT molecular complexity index is 128. The third-order valence-corrected chi connectivity index (χ3v) is 4.48. The Hall–Kier alpha value is -0.0831. The molecule has 0 aromatic rings. The Morgan fingerprint density at radius 2 is 1.82 bits per heavy atom. The topological polar surface area (TPSA) is 3.24 Å². The molecule has 0 rings (SSSR count). The summed E-state index contributed by atoms with van der Waals surface area (Å²) in [6, 6.07) is 1.31. The molecule has 0 atom stereocenters. The highest BCUT2D eigenvalue weighted by Crippen LogP contribution is 2.10. The molecule has 0 aromatic carbocycles. The summed E-state index contributed by atoms with van der Waals surface area (Å²) in [5.74, 6) is 0. The summed E-state index contributed by atoms with van der Waals surface area (Å²) in [7, 11) is 3.37. The van der Waals surface area contributed by atoms with Crippen LogP contribution in [0.3, 0.4) is 0 Å². The zero-order valence-corrected chi connectivity index (χ0v) is 9.52. The van der Waals surface area contributed by atoms with Gasteiger partial charge in [0.1, 0.15) is 0 Å². The lowest BCUT2D eigenvalue weighted by atomic mass is 10.6. The van der Waals surface area contributed by atoms with Gasteiger partial charge in [0.15, 0.2) is 0 Å². The highest BCUT2D eigenvalue weighted by atomic mass is 28.3. The molecule has 0 aliphatic carbocycles. The van der Waals surface area contributed by atoms with Gasteiger partial charge in [-0.3, -0.25) is 0 Å². The molecule has 0 saturated carbocycles. The van der Waals surface area contributed by atoms with Crippen molar-refractivity contribution >= 4 is 8.07 Å². The van der Waals surface area contributed by atoms with Crippen LogP contribution in [0.5, 0.6) is 0 Å². The maximum Gasteiger partial charge on any atom is 0.0666 e. The van der Waals surface area contributed by atoms with Gasteiger partial charge < -0.3 is 4.90 Å². The summed E-state index contributed by atoms with van der Waals surface area (Å²) >= 11 is 0. The molecule has 0 saturated heterocycles. The molecule has 0 fully saturated rings. The summed E-state index contributed by atoms with van der Waals surface area (Å²) < 4.78 is 0. The molecule has 2 heteroatoms. The molecule has 0 aliphatic rings. The van der Waals surface area contributed by atoms with Crippen LogP contribution in [0.2, 0.25) is 19.1 Å². The van der Waals surface area contributed by atoms with Crippen LogP contribution in [0.15, 0.2) is 12.2 Å². The molecule has 0 spiro atoms. The summed E-state index contributed by atoms with van der Waals surface area (Å²) in [5, 5.41) is 0. The average Bonchev–Trinajstić information content (AvgIpc) is 1.81. The standard InChI is InChI=1S/C9H21NSi/c1-6-7-8-11(4,5)9-10(2)3/h6-7H,8-9H2,1-5H3. The second-order valence-electron chi connectivity index (χ2n) is 4.18. The minimum absolute atomic E-state index is 0.948. The molecular formula is C9H21NSi. The highest BCUT2D eigenvalue weighted by Gasteiger charge is 2.19. The Kier molecular flexibility index (Phi) is 4.69. The molecule has 11 heavy (non-hydrogen) atoms. The van der Waals surface area contributed by atoms with E-state index in [1.54, 1.807) is 0 Å². The second-order valence-corrected chi connectivity index (χ2v) is 9.23. The van der Waals surface area contributed by atoms with Crippen LogP contribution in [0, 0.1) is 0 Å². The van der Waals surface area contributed by atoms with Crippen molar-refractivity contribution in [3.05, 3.63) is 12.2 Å². The number of rotatable bonds is 4. The largest absolute Gasteiger partial charge is 0.312 e. The van der Waals surface area contributed by atoms with Crippen LogP contribution in [0.4, 0.5) is 0 Å². The fourth-order valence-corrected chi connectivity index (χ4v) is 4.07. The third-order valence-electron chi connectivity index (χ3n) is 1.65. The lowest BCUT2D eigenvalue weighted by Gasteiger charge is -2.24. The van der Waals surface area contributed by atoms with Crippen LogP contribution in [-0.2, 0) is 0 Å². The molecule has 0 aromatic heterocycles. The smallest absolute Gasteiger partial charge is 0.0666 e. The van der Waals surface area contributed by atoms with Crippen LogP contribution in [0.25, 0.3) is 0 Å². The third kappa shape index (κ3) is 6.32. The van der Waals surface area contributed by atoms with E-state index in [0.717, 1.165) is 0 Å². The van der Waals surface area contributed by atoms with Crippen LogP contribution < -0.4 is 0 Å². The first-order chi connectivity index (χ1) is 4.98. The molecule has 0 bridgehead atoms. The maximum absolute atomic E-state index is 2.44. The molecule has 1 nitrogen and oxygen atoms in total. The van der Waals surface area contributed by atoms with Crippen LogP contribution in [0.1, 0.15) is 6.92 Å². The number of hydrogen-bond acceptors (Lipinski definition) is 1. The van der Waals surface area contributed by atoms with Crippen molar-refractivity contribution < 1.29 is 0 Å². The van der Waals surface area contributed by atoms with E-state index < -0.39 is 8.07 Å². The van der Waals surface area contributed by atoms with Crippen LogP contribution in [-0.4, -0.2) is 33.2 Å². The quantitative estimate of drug-likeness (QED) is 0.464. The molecule has 0 unspecified atom stereocenters. The Morgan fingerprint density at radius 3 is 2.18 bits per heavy atom. The van der Waals surface area contributed by atoms with Gasteiger partial charge >= 0.3 is 0 Å². The first-order valence-corrected chi connectivity index (χ1v) is 7.65. The summed E-state index contributed by atoms with van der Waals surface area (Å²) in [6.07, 6.45) is 5.75. The van der Waals surface area contributed by atoms with E-state index in [1.807, 2.05) is 0 Å². The van der Waals surface area contributed by atoms with Gasteiger partial charge in [-0.15, -0.1) is 0 Å². The first kappa shape index (κ1) is 10.9. The first-order valence-electron chi connectivity index (χ1n) is 4.24. The van der Waals surface area contributed by atoms with E-state index in [-0.39, 0.29) is 0 Å².